The lowest BCUT2D eigenvalue weighted by Crippen LogP contribution is -2.50. The van der Waals surface area contributed by atoms with Crippen LogP contribution in [0.3, 0.4) is 0 Å². The van der Waals surface area contributed by atoms with Gasteiger partial charge < -0.3 is 19.6 Å². The van der Waals surface area contributed by atoms with Crippen LogP contribution < -0.4 is 15.2 Å². The van der Waals surface area contributed by atoms with Crippen LogP contribution >= 0.6 is 0 Å². The van der Waals surface area contributed by atoms with E-state index in [0.717, 1.165) is 5.69 Å². The van der Waals surface area contributed by atoms with Gasteiger partial charge in [0.1, 0.15) is 5.75 Å². The highest BCUT2D eigenvalue weighted by molar-refractivity contribution is 5.82. The molecule has 1 aromatic heterocycles. The largest absolute Gasteiger partial charge is 0.497 e. The summed E-state index contributed by atoms with van der Waals surface area (Å²) in [6.45, 7) is 2.11. The Kier molecular flexibility index (Phi) is 5.22. The van der Waals surface area contributed by atoms with Gasteiger partial charge in [-0.1, -0.05) is 12.1 Å². The Labute approximate surface area is 151 Å². The van der Waals surface area contributed by atoms with E-state index in [-0.39, 0.29) is 11.5 Å². The molecule has 0 aliphatic carbocycles. The predicted octanol–water partition coefficient (Wildman–Crippen LogP) is 0.171. The van der Waals surface area contributed by atoms with E-state index in [1.807, 2.05) is 4.90 Å². The first kappa shape index (κ1) is 17.9. The number of piperazine rings is 1. The summed E-state index contributed by atoms with van der Waals surface area (Å²) >= 11 is 0. The van der Waals surface area contributed by atoms with E-state index in [1.165, 1.54) is 10.7 Å². The number of nitrogens with zero attached hydrogens (tertiary/aromatic N) is 4. The normalized spacial score (nSPS) is 15.7. The smallest absolute Gasteiger partial charge is 0.268 e. The Bertz CT molecular complexity index is 826. The molecule has 1 saturated heterocycles. The quantitative estimate of drug-likeness (QED) is 0.838. The lowest BCUT2D eigenvalue weighted by atomic mass is 10.1. The summed E-state index contributed by atoms with van der Waals surface area (Å²) in [6, 6.07) is 8.34. The summed E-state index contributed by atoms with van der Waals surface area (Å²) in [7, 11) is 3.16. The fourth-order valence-corrected chi connectivity index (χ4v) is 2.92. The van der Waals surface area contributed by atoms with Crippen LogP contribution in [0.2, 0.25) is 0 Å². The maximum atomic E-state index is 12.6. The molecule has 1 aromatic carbocycles. The van der Waals surface area contributed by atoms with Gasteiger partial charge in [-0.2, -0.15) is 5.10 Å². The lowest BCUT2D eigenvalue weighted by Gasteiger charge is -2.36. The van der Waals surface area contributed by atoms with Crippen molar-refractivity contribution in [3.05, 3.63) is 52.4 Å². The van der Waals surface area contributed by atoms with Crippen molar-refractivity contribution >= 4 is 11.6 Å². The number of amides is 1. The number of carbonyl (C=O) groups is 1. The van der Waals surface area contributed by atoms with Gasteiger partial charge in [-0.3, -0.25) is 9.59 Å². The molecule has 1 atom stereocenters. The molecule has 1 aliphatic rings. The standard InChI is InChI=1S/C18H22N4O4/c1-20-16(23)11-14(12-19-20)21-7-9-22(10-8-21)18(25)17(24)13-3-5-15(26-2)6-4-13/h3-6,11-12,17,24H,7-10H2,1-2H3/t17-/m1/s1. The molecular formula is C18H22N4O4. The molecule has 3 rings (SSSR count). The van der Waals surface area contributed by atoms with Crippen molar-refractivity contribution in [1.29, 1.82) is 0 Å². The molecule has 0 bridgehead atoms. The molecule has 2 heterocycles. The number of methoxy groups -OCH3 is 1. The van der Waals surface area contributed by atoms with Crippen molar-refractivity contribution < 1.29 is 14.6 Å². The SMILES string of the molecule is COc1ccc([C@@H](O)C(=O)N2CCN(c3cnn(C)c(=O)c3)CC2)cc1. The predicted molar refractivity (Wildman–Crippen MR) is 96.2 cm³/mol. The molecular weight excluding hydrogens is 336 g/mol. The van der Waals surface area contributed by atoms with Crippen molar-refractivity contribution in [3.8, 4) is 5.75 Å². The van der Waals surface area contributed by atoms with Gasteiger partial charge in [-0.15, -0.1) is 0 Å². The van der Waals surface area contributed by atoms with E-state index in [1.54, 1.807) is 49.5 Å². The fraction of sp³-hybridized carbons (Fsp3) is 0.389. The number of aliphatic hydroxyl groups excluding tert-OH is 1. The van der Waals surface area contributed by atoms with Crippen LogP contribution in [-0.4, -0.2) is 59.0 Å². The third-order valence-corrected chi connectivity index (χ3v) is 4.58. The minimum atomic E-state index is -1.20. The van der Waals surface area contributed by atoms with E-state index < -0.39 is 6.10 Å². The molecule has 1 fully saturated rings. The molecule has 1 aliphatic heterocycles. The number of hydrogen-bond acceptors (Lipinski definition) is 6. The van der Waals surface area contributed by atoms with E-state index in [2.05, 4.69) is 5.10 Å². The van der Waals surface area contributed by atoms with Gasteiger partial charge in [-0.05, 0) is 17.7 Å². The Morgan fingerprint density at radius 2 is 1.85 bits per heavy atom. The van der Waals surface area contributed by atoms with Gasteiger partial charge in [0.05, 0.1) is 19.0 Å². The maximum Gasteiger partial charge on any atom is 0.268 e. The average molecular weight is 358 g/mol. The number of rotatable bonds is 4. The topological polar surface area (TPSA) is 87.9 Å². The summed E-state index contributed by atoms with van der Waals surface area (Å²) in [5.74, 6) is 0.349. The zero-order chi connectivity index (χ0) is 18.7. The van der Waals surface area contributed by atoms with Crippen LogP contribution in [0.5, 0.6) is 5.75 Å². The molecule has 0 radical (unpaired) electrons. The van der Waals surface area contributed by atoms with Gasteiger partial charge in [0, 0.05) is 39.3 Å². The first-order valence-electron chi connectivity index (χ1n) is 8.38. The van der Waals surface area contributed by atoms with E-state index in [4.69, 9.17) is 4.74 Å². The number of aromatic nitrogens is 2. The van der Waals surface area contributed by atoms with Crippen LogP contribution in [0.4, 0.5) is 5.69 Å². The number of anilines is 1. The van der Waals surface area contributed by atoms with Crippen LogP contribution in [0.1, 0.15) is 11.7 Å². The number of aliphatic hydroxyl groups is 1. The first-order chi connectivity index (χ1) is 12.5. The molecule has 8 heteroatoms. The van der Waals surface area contributed by atoms with E-state index >= 15 is 0 Å². The summed E-state index contributed by atoms with van der Waals surface area (Å²) in [4.78, 5) is 27.9. The monoisotopic (exact) mass is 358 g/mol. The molecule has 8 nitrogen and oxygen atoms in total. The fourth-order valence-electron chi connectivity index (χ4n) is 2.92. The molecule has 1 N–H and O–H groups in total. The summed E-state index contributed by atoms with van der Waals surface area (Å²) in [6.07, 6.45) is 0.448. The van der Waals surface area contributed by atoms with Crippen LogP contribution in [-0.2, 0) is 11.8 Å². The van der Waals surface area contributed by atoms with Crippen LogP contribution in [0, 0.1) is 0 Å². The Morgan fingerprint density at radius 1 is 1.19 bits per heavy atom. The highest BCUT2D eigenvalue weighted by Gasteiger charge is 2.27. The highest BCUT2D eigenvalue weighted by atomic mass is 16.5. The average Bonchev–Trinajstić information content (AvgIpc) is 2.69. The molecule has 0 saturated carbocycles. The molecule has 138 valence electrons. The second kappa shape index (κ2) is 7.57. The number of aryl methyl sites for hydroxylation is 1. The molecule has 0 spiro atoms. The molecule has 0 unspecified atom stereocenters. The van der Waals surface area contributed by atoms with Crippen LogP contribution in [0.25, 0.3) is 0 Å². The third kappa shape index (κ3) is 3.70. The number of hydrogen-bond donors (Lipinski definition) is 1. The van der Waals surface area contributed by atoms with Crippen molar-refractivity contribution in [2.75, 3.05) is 38.2 Å². The Balaban J connectivity index is 1.62. The van der Waals surface area contributed by atoms with Crippen molar-refractivity contribution in [3.63, 3.8) is 0 Å². The minimum Gasteiger partial charge on any atom is -0.497 e. The van der Waals surface area contributed by atoms with E-state index in [9.17, 15) is 14.7 Å². The summed E-state index contributed by atoms with van der Waals surface area (Å²) < 4.78 is 6.36. The maximum absolute atomic E-state index is 12.6. The van der Waals surface area contributed by atoms with Gasteiger partial charge in [-0.25, -0.2) is 4.68 Å². The zero-order valence-corrected chi connectivity index (χ0v) is 14.8. The zero-order valence-electron chi connectivity index (χ0n) is 14.8. The number of ether oxygens (including phenoxy) is 1. The number of carbonyl (C=O) groups excluding carboxylic acids is 1. The second-order valence-corrected chi connectivity index (χ2v) is 6.16. The van der Waals surface area contributed by atoms with Crippen LogP contribution in [0.15, 0.2) is 41.3 Å². The molecule has 26 heavy (non-hydrogen) atoms. The minimum absolute atomic E-state index is 0.170. The van der Waals surface area contributed by atoms with Gasteiger partial charge in [0.2, 0.25) is 0 Å². The van der Waals surface area contributed by atoms with Crippen molar-refractivity contribution in [2.24, 2.45) is 7.05 Å². The Hall–Kier alpha value is -2.87. The van der Waals surface area contributed by atoms with Crippen molar-refractivity contribution in [2.45, 2.75) is 6.10 Å². The van der Waals surface area contributed by atoms with Gasteiger partial charge >= 0.3 is 0 Å². The van der Waals surface area contributed by atoms with E-state index in [0.29, 0.717) is 37.5 Å². The molecule has 2 aromatic rings. The first-order valence-corrected chi connectivity index (χ1v) is 8.38. The second-order valence-electron chi connectivity index (χ2n) is 6.16. The van der Waals surface area contributed by atoms with Gasteiger partial charge in [0.15, 0.2) is 6.10 Å². The highest BCUT2D eigenvalue weighted by Crippen LogP contribution is 2.21. The summed E-state index contributed by atoms with van der Waals surface area (Å²) in [5.41, 5.74) is 1.11. The summed E-state index contributed by atoms with van der Waals surface area (Å²) in [5, 5.41) is 14.4. The number of benzene rings is 1. The van der Waals surface area contributed by atoms with Crippen molar-refractivity contribution in [1.82, 2.24) is 14.7 Å². The van der Waals surface area contributed by atoms with Gasteiger partial charge in [0.25, 0.3) is 11.5 Å². The third-order valence-electron chi connectivity index (χ3n) is 4.58. The Morgan fingerprint density at radius 3 is 2.42 bits per heavy atom. The molecule has 1 amide bonds. The lowest BCUT2D eigenvalue weighted by molar-refractivity contribution is -0.140.